The van der Waals surface area contributed by atoms with Gasteiger partial charge in [0.05, 0.1) is 0 Å². The van der Waals surface area contributed by atoms with E-state index in [4.69, 9.17) is 11.6 Å². The van der Waals surface area contributed by atoms with Gasteiger partial charge in [0.15, 0.2) is 0 Å². The molecular weight excluding hydrogens is 271 g/mol. The molecule has 18 heavy (non-hydrogen) atoms. The molecule has 1 aromatic rings. The molecule has 1 heterocycles. The van der Waals surface area contributed by atoms with Crippen molar-refractivity contribution in [3.05, 3.63) is 34.3 Å². The Balaban J connectivity index is 0.00000162. The first kappa shape index (κ1) is 15.3. The molecule has 5 heteroatoms. The second-order valence-corrected chi connectivity index (χ2v) is 4.93. The Kier molecular flexibility index (Phi) is 5.45. The summed E-state index contributed by atoms with van der Waals surface area (Å²) in [6.45, 7) is 6.35. The quantitative estimate of drug-likeness (QED) is 0.861. The SMILES string of the molecule is Cc1c(Cl)cccc1C(=O)N1CCNC(C)C1.Cl. The molecule has 100 valence electrons. The number of piperazine rings is 1. The van der Waals surface area contributed by atoms with Crippen molar-refractivity contribution in [3.8, 4) is 0 Å². The summed E-state index contributed by atoms with van der Waals surface area (Å²) < 4.78 is 0. The van der Waals surface area contributed by atoms with Gasteiger partial charge in [-0.1, -0.05) is 17.7 Å². The van der Waals surface area contributed by atoms with Gasteiger partial charge in [0.25, 0.3) is 5.91 Å². The van der Waals surface area contributed by atoms with Crippen molar-refractivity contribution in [2.24, 2.45) is 0 Å². The zero-order chi connectivity index (χ0) is 12.4. The summed E-state index contributed by atoms with van der Waals surface area (Å²) in [5.74, 6) is 0.0818. The van der Waals surface area contributed by atoms with Gasteiger partial charge in [0.2, 0.25) is 0 Å². The van der Waals surface area contributed by atoms with Gasteiger partial charge in [-0.2, -0.15) is 0 Å². The Bertz CT molecular complexity index is 437. The third kappa shape index (κ3) is 3.16. The topological polar surface area (TPSA) is 32.3 Å². The number of hydrogen-bond acceptors (Lipinski definition) is 2. The number of nitrogens with one attached hydrogen (secondary N) is 1. The minimum Gasteiger partial charge on any atom is -0.336 e. The highest BCUT2D eigenvalue weighted by Gasteiger charge is 2.22. The van der Waals surface area contributed by atoms with Crippen LogP contribution < -0.4 is 5.32 Å². The first-order valence-electron chi connectivity index (χ1n) is 5.87. The van der Waals surface area contributed by atoms with Crippen molar-refractivity contribution in [2.75, 3.05) is 19.6 Å². The summed E-state index contributed by atoms with van der Waals surface area (Å²) in [7, 11) is 0. The maximum Gasteiger partial charge on any atom is 0.254 e. The number of carbonyl (C=O) groups is 1. The molecule has 1 fully saturated rings. The Labute approximate surface area is 119 Å². The summed E-state index contributed by atoms with van der Waals surface area (Å²) in [5.41, 5.74) is 1.58. The zero-order valence-electron chi connectivity index (χ0n) is 10.6. The number of amides is 1. The Morgan fingerprint density at radius 2 is 2.22 bits per heavy atom. The average Bonchev–Trinajstić information content (AvgIpc) is 2.32. The first-order valence-corrected chi connectivity index (χ1v) is 6.25. The molecule has 0 radical (unpaired) electrons. The van der Waals surface area contributed by atoms with Crippen molar-refractivity contribution < 1.29 is 4.79 Å². The molecule has 1 aromatic carbocycles. The van der Waals surface area contributed by atoms with E-state index in [-0.39, 0.29) is 18.3 Å². The van der Waals surface area contributed by atoms with E-state index in [0.717, 1.165) is 25.2 Å². The molecule has 0 saturated carbocycles. The van der Waals surface area contributed by atoms with E-state index in [0.29, 0.717) is 16.6 Å². The maximum atomic E-state index is 12.4. The van der Waals surface area contributed by atoms with Gasteiger partial charge in [-0.25, -0.2) is 0 Å². The number of carbonyl (C=O) groups excluding carboxylic acids is 1. The standard InChI is InChI=1S/C13H17ClN2O.ClH/c1-9-8-16(7-6-15-9)13(17)11-4-3-5-12(14)10(11)2;/h3-5,9,15H,6-8H2,1-2H3;1H. The lowest BCUT2D eigenvalue weighted by Crippen LogP contribution is -2.51. The number of nitrogens with zero attached hydrogens (tertiary/aromatic N) is 1. The fraction of sp³-hybridized carbons (Fsp3) is 0.462. The molecule has 1 saturated heterocycles. The highest BCUT2D eigenvalue weighted by Crippen LogP contribution is 2.20. The van der Waals surface area contributed by atoms with Crippen molar-refractivity contribution in [1.82, 2.24) is 10.2 Å². The van der Waals surface area contributed by atoms with E-state index >= 15 is 0 Å². The molecule has 1 unspecified atom stereocenters. The largest absolute Gasteiger partial charge is 0.336 e. The van der Waals surface area contributed by atoms with Gasteiger partial charge in [-0.15, -0.1) is 12.4 Å². The van der Waals surface area contributed by atoms with Crippen molar-refractivity contribution in [1.29, 1.82) is 0 Å². The van der Waals surface area contributed by atoms with E-state index in [1.54, 1.807) is 0 Å². The van der Waals surface area contributed by atoms with E-state index in [1.807, 2.05) is 30.0 Å². The number of benzene rings is 1. The van der Waals surface area contributed by atoms with Gasteiger partial charge < -0.3 is 10.2 Å². The van der Waals surface area contributed by atoms with Crippen LogP contribution in [-0.2, 0) is 0 Å². The average molecular weight is 289 g/mol. The molecular formula is C13H18Cl2N2O. The molecule has 0 spiro atoms. The highest BCUT2D eigenvalue weighted by molar-refractivity contribution is 6.31. The molecule has 0 aliphatic carbocycles. The van der Waals surface area contributed by atoms with Crippen LogP contribution in [0.1, 0.15) is 22.8 Å². The van der Waals surface area contributed by atoms with E-state index < -0.39 is 0 Å². The van der Waals surface area contributed by atoms with Crippen LogP contribution in [0.4, 0.5) is 0 Å². The highest BCUT2D eigenvalue weighted by atomic mass is 35.5. The van der Waals surface area contributed by atoms with Crippen molar-refractivity contribution in [3.63, 3.8) is 0 Å². The molecule has 1 aliphatic rings. The molecule has 1 amide bonds. The zero-order valence-corrected chi connectivity index (χ0v) is 12.1. The normalized spacial score (nSPS) is 19.3. The van der Waals surface area contributed by atoms with Crippen LogP contribution in [0.2, 0.25) is 5.02 Å². The van der Waals surface area contributed by atoms with Gasteiger partial charge in [0, 0.05) is 36.3 Å². The van der Waals surface area contributed by atoms with Gasteiger partial charge in [0.1, 0.15) is 0 Å². The third-order valence-electron chi connectivity index (χ3n) is 3.15. The Morgan fingerprint density at radius 1 is 1.50 bits per heavy atom. The molecule has 0 bridgehead atoms. The number of halogens is 2. The monoisotopic (exact) mass is 288 g/mol. The summed E-state index contributed by atoms with van der Waals surface area (Å²) in [5, 5.41) is 3.98. The van der Waals surface area contributed by atoms with Gasteiger partial charge in [-0.3, -0.25) is 4.79 Å². The second-order valence-electron chi connectivity index (χ2n) is 4.52. The van der Waals surface area contributed by atoms with Crippen LogP contribution in [0.25, 0.3) is 0 Å². The lowest BCUT2D eigenvalue weighted by atomic mass is 10.1. The molecule has 1 N–H and O–H groups in total. The first-order chi connectivity index (χ1) is 8.09. The minimum absolute atomic E-state index is 0. The van der Waals surface area contributed by atoms with E-state index in [9.17, 15) is 4.79 Å². The van der Waals surface area contributed by atoms with Crippen LogP contribution in [0.3, 0.4) is 0 Å². The van der Waals surface area contributed by atoms with Crippen LogP contribution in [-0.4, -0.2) is 36.5 Å². The summed E-state index contributed by atoms with van der Waals surface area (Å²) in [6.07, 6.45) is 0. The van der Waals surface area contributed by atoms with E-state index in [1.165, 1.54) is 0 Å². The van der Waals surface area contributed by atoms with Crippen molar-refractivity contribution in [2.45, 2.75) is 19.9 Å². The molecule has 1 atom stereocenters. The van der Waals surface area contributed by atoms with Gasteiger partial charge >= 0.3 is 0 Å². The molecule has 2 rings (SSSR count). The summed E-state index contributed by atoms with van der Waals surface area (Å²) >= 11 is 6.04. The fourth-order valence-electron chi connectivity index (χ4n) is 2.13. The number of hydrogen-bond donors (Lipinski definition) is 1. The lowest BCUT2D eigenvalue weighted by Gasteiger charge is -2.32. The molecule has 3 nitrogen and oxygen atoms in total. The predicted octanol–water partition coefficient (Wildman–Crippen LogP) is 2.50. The smallest absolute Gasteiger partial charge is 0.254 e. The van der Waals surface area contributed by atoms with Crippen molar-refractivity contribution >= 4 is 29.9 Å². The Morgan fingerprint density at radius 3 is 2.89 bits per heavy atom. The number of rotatable bonds is 1. The van der Waals surface area contributed by atoms with Crippen LogP contribution in [0, 0.1) is 6.92 Å². The molecule has 1 aliphatic heterocycles. The third-order valence-corrected chi connectivity index (χ3v) is 3.56. The summed E-state index contributed by atoms with van der Waals surface area (Å²) in [4.78, 5) is 14.2. The second kappa shape index (κ2) is 6.41. The van der Waals surface area contributed by atoms with Crippen LogP contribution >= 0.6 is 24.0 Å². The van der Waals surface area contributed by atoms with Gasteiger partial charge in [-0.05, 0) is 31.5 Å². The predicted molar refractivity (Wildman–Crippen MR) is 76.8 cm³/mol. The molecule has 0 aromatic heterocycles. The van der Waals surface area contributed by atoms with Crippen LogP contribution in [0.5, 0.6) is 0 Å². The fourth-order valence-corrected chi connectivity index (χ4v) is 2.30. The van der Waals surface area contributed by atoms with Crippen LogP contribution in [0.15, 0.2) is 18.2 Å². The lowest BCUT2D eigenvalue weighted by molar-refractivity contribution is 0.0708. The minimum atomic E-state index is 0. The maximum absolute atomic E-state index is 12.4. The summed E-state index contributed by atoms with van der Waals surface area (Å²) in [6, 6.07) is 5.84. The Hall–Kier alpha value is -0.770. The van der Waals surface area contributed by atoms with E-state index in [2.05, 4.69) is 12.2 Å².